The lowest BCUT2D eigenvalue weighted by Gasteiger charge is -2.11. The highest BCUT2D eigenvalue weighted by Gasteiger charge is 2.09. The maximum atomic E-state index is 12.9. The lowest BCUT2D eigenvalue weighted by molar-refractivity contribution is 0.0949. The summed E-state index contributed by atoms with van der Waals surface area (Å²) in [5, 5.41) is 5.92. The number of hydrogen-bond acceptors (Lipinski definition) is 5. The molecule has 0 aliphatic heterocycles. The maximum Gasteiger partial charge on any atom is 0.271 e. The molecule has 3 rings (SSSR count). The van der Waals surface area contributed by atoms with Gasteiger partial charge in [0.2, 0.25) is 0 Å². The number of carbonyl (C=O) groups excluding carboxylic acids is 1. The normalized spacial score (nSPS) is 10.4. The van der Waals surface area contributed by atoms with E-state index in [0.29, 0.717) is 24.5 Å². The van der Waals surface area contributed by atoms with Gasteiger partial charge in [-0.2, -0.15) is 0 Å². The van der Waals surface area contributed by atoms with Crippen LogP contribution in [0.4, 0.5) is 15.9 Å². The summed E-state index contributed by atoms with van der Waals surface area (Å²) in [6, 6.07) is 12.0. The molecule has 28 heavy (non-hydrogen) atoms. The van der Waals surface area contributed by atoms with Crippen molar-refractivity contribution in [3.05, 3.63) is 77.5 Å². The standard InChI is InChI=1S/C21H21FN4O2/c1-14-3-8-19(28-2)17(11-14)26-20-13-24-18(12-25-20)21(27)23-10-9-15-4-6-16(22)7-5-15/h3-8,11-13H,9-10H2,1-2H3,(H,23,27)(H,25,26). The van der Waals surface area contributed by atoms with Gasteiger partial charge >= 0.3 is 0 Å². The Morgan fingerprint density at radius 3 is 2.57 bits per heavy atom. The van der Waals surface area contributed by atoms with Crippen LogP contribution in [0.3, 0.4) is 0 Å². The molecule has 0 aliphatic carbocycles. The van der Waals surface area contributed by atoms with E-state index in [0.717, 1.165) is 16.8 Å². The highest BCUT2D eigenvalue weighted by atomic mass is 19.1. The van der Waals surface area contributed by atoms with E-state index in [1.807, 2.05) is 25.1 Å². The molecule has 0 aliphatic rings. The zero-order valence-electron chi connectivity index (χ0n) is 15.7. The van der Waals surface area contributed by atoms with E-state index in [1.54, 1.807) is 19.2 Å². The molecule has 0 fully saturated rings. The Kier molecular flexibility index (Phi) is 6.16. The number of amides is 1. The highest BCUT2D eigenvalue weighted by Crippen LogP contribution is 2.27. The third-order valence-corrected chi connectivity index (χ3v) is 4.11. The van der Waals surface area contributed by atoms with Gasteiger partial charge in [-0.1, -0.05) is 18.2 Å². The number of benzene rings is 2. The number of hydrogen-bond donors (Lipinski definition) is 2. The summed E-state index contributed by atoms with van der Waals surface area (Å²) >= 11 is 0. The molecule has 0 radical (unpaired) electrons. The summed E-state index contributed by atoms with van der Waals surface area (Å²) in [5.41, 5.74) is 3.02. The number of nitrogens with zero attached hydrogens (tertiary/aromatic N) is 2. The zero-order valence-corrected chi connectivity index (χ0v) is 15.7. The molecule has 0 spiro atoms. The molecule has 3 aromatic rings. The van der Waals surface area contributed by atoms with Crippen molar-refractivity contribution in [2.45, 2.75) is 13.3 Å². The van der Waals surface area contributed by atoms with Gasteiger partial charge in [-0.3, -0.25) is 4.79 Å². The fourth-order valence-electron chi connectivity index (χ4n) is 2.63. The van der Waals surface area contributed by atoms with E-state index in [1.165, 1.54) is 24.5 Å². The molecule has 1 amide bonds. The van der Waals surface area contributed by atoms with Crippen molar-refractivity contribution in [2.75, 3.05) is 19.0 Å². The van der Waals surface area contributed by atoms with Crippen molar-refractivity contribution in [1.82, 2.24) is 15.3 Å². The quantitative estimate of drug-likeness (QED) is 0.654. The van der Waals surface area contributed by atoms with Gasteiger partial charge in [0.05, 0.1) is 25.2 Å². The highest BCUT2D eigenvalue weighted by molar-refractivity contribution is 5.92. The Morgan fingerprint density at radius 2 is 1.89 bits per heavy atom. The van der Waals surface area contributed by atoms with E-state index < -0.39 is 0 Å². The topological polar surface area (TPSA) is 76.1 Å². The Balaban J connectivity index is 1.57. The second-order valence-electron chi connectivity index (χ2n) is 6.25. The van der Waals surface area contributed by atoms with Gasteiger partial charge in [-0.05, 0) is 48.7 Å². The second-order valence-corrected chi connectivity index (χ2v) is 6.25. The minimum atomic E-state index is -0.311. The first-order valence-electron chi connectivity index (χ1n) is 8.81. The minimum Gasteiger partial charge on any atom is -0.495 e. The molecule has 7 heteroatoms. The van der Waals surface area contributed by atoms with Crippen LogP contribution in [0.25, 0.3) is 0 Å². The summed E-state index contributed by atoms with van der Waals surface area (Å²) in [7, 11) is 1.60. The summed E-state index contributed by atoms with van der Waals surface area (Å²) in [5.74, 6) is 0.608. The molecule has 2 N–H and O–H groups in total. The Labute approximate surface area is 162 Å². The largest absolute Gasteiger partial charge is 0.495 e. The first-order chi connectivity index (χ1) is 13.5. The molecule has 1 aromatic heterocycles. The van der Waals surface area contributed by atoms with Crippen molar-refractivity contribution in [1.29, 1.82) is 0 Å². The van der Waals surface area contributed by atoms with Gasteiger partial charge in [0, 0.05) is 6.54 Å². The maximum absolute atomic E-state index is 12.9. The number of halogens is 1. The third-order valence-electron chi connectivity index (χ3n) is 4.11. The second kappa shape index (κ2) is 8.94. The van der Waals surface area contributed by atoms with Crippen LogP contribution in [0.2, 0.25) is 0 Å². The van der Waals surface area contributed by atoms with Crippen LogP contribution in [0.15, 0.2) is 54.9 Å². The van der Waals surface area contributed by atoms with Gasteiger partial charge in [0.25, 0.3) is 5.91 Å². The van der Waals surface area contributed by atoms with Crippen LogP contribution < -0.4 is 15.4 Å². The average molecular weight is 380 g/mol. The fourth-order valence-corrected chi connectivity index (χ4v) is 2.63. The number of carbonyl (C=O) groups is 1. The van der Waals surface area contributed by atoms with Crippen molar-refractivity contribution < 1.29 is 13.9 Å². The van der Waals surface area contributed by atoms with Crippen molar-refractivity contribution >= 4 is 17.4 Å². The van der Waals surface area contributed by atoms with Gasteiger partial charge < -0.3 is 15.4 Å². The van der Waals surface area contributed by atoms with Gasteiger partial charge in [0.15, 0.2) is 0 Å². The van der Waals surface area contributed by atoms with Gasteiger partial charge in [-0.15, -0.1) is 0 Å². The summed E-state index contributed by atoms with van der Waals surface area (Å²) in [4.78, 5) is 20.6. The Hall–Kier alpha value is -3.48. The van der Waals surface area contributed by atoms with E-state index in [2.05, 4.69) is 20.6 Å². The third kappa shape index (κ3) is 5.03. The number of rotatable bonds is 7. The lowest BCUT2D eigenvalue weighted by atomic mass is 10.1. The molecule has 0 atom stereocenters. The minimum absolute atomic E-state index is 0.223. The molecule has 0 unspecified atom stereocenters. The van der Waals surface area contributed by atoms with Crippen molar-refractivity contribution in [3.8, 4) is 5.75 Å². The van der Waals surface area contributed by atoms with Crippen molar-refractivity contribution in [2.24, 2.45) is 0 Å². The lowest BCUT2D eigenvalue weighted by Crippen LogP contribution is -2.26. The molecule has 0 bridgehead atoms. The monoisotopic (exact) mass is 380 g/mol. The fraction of sp³-hybridized carbons (Fsp3) is 0.190. The van der Waals surface area contributed by atoms with E-state index in [9.17, 15) is 9.18 Å². The number of anilines is 2. The number of nitrogens with one attached hydrogen (secondary N) is 2. The van der Waals surface area contributed by atoms with Crippen molar-refractivity contribution in [3.63, 3.8) is 0 Å². The molecular formula is C21H21FN4O2. The van der Waals surface area contributed by atoms with E-state index in [-0.39, 0.29) is 17.4 Å². The predicted octanol–water partition coefficient (Wildman–Crippen LogP) is 3.65. The summed E-state index contributed by atoms with van der Waals surface area (Å²) in [6.45, 7) is 2.41. The van der Waals surface area contributed by atoms with Crippen LogP contribution in [0.5, 0.6) is 5.75 Å². The van der Waals surface area contributed by atoms with Gasteiger partial charge in [-0.25, -0.2) is 14.4 Å². The van der Waals surface area contributed by atoms with Crippen LogP contribution in [-0.2, 0) is 6.42 Å². The smallest absolute Gasteiger partial charge is 0.271 e. The Morgan fingerprint density at radius 1 is 1.11 bits per heavy atom. The van der Waals surface area contributed by atoms with E-state index in [4.69, 9.17) is 4.74 Å². The van der Waals surface area contributed by atoms with Crippen LogP contribution in [-0.4, -0.2) is 29.5 Å². The SMILES string of the molecule is COc1ccc(C)cc1Nc1cnc(C(=O)NCCc2ccc(F)cc2)cn1. The summed E-state index contributed by atoms with van der Waals surface area (Å²) in [6.07, 6.45) is 3.51. The number of aryl methyl sites for hydroxylation is 1. The Bertz CT molecular complexity index is 944. The first-order valence-corrected chi connectivity index (χ1v) is 8.81. The van der Waals surface area contributed by atoms with Crippen LogP contribution in [0.1, 0.15) is 21.6 Å². The molecule has 2 aromatic carbocycles. The molecule has 144 valence electrons. The summed E-state index contributed by atoms with van der Waals surface area (Å²) < 4.78 is 18.2. The predicted molar refractivity (Wildman–Crippen MR) is 105 cm³/mol. The molecule has 0 saturated heterocycles. The average Bonchev–Trinajstić information content (AvgIpc) is 2.70. The van der Waals surface area contributed by atoms with Crippen LogP contribution in [0, 0.1) is 12.7 Å². The van der Waals surface area contributed by atoms with Gasteiger partial charge in [0.1, 0.15) is 23.1 Å². The molecule has 1 heterocycles. The first kappa shape index (κ1) is 19.3. The molecule has 0 saturated carbocycles. The number of aromatic nitrogens is 2. The van der Waals surface area contributed by atoms with E-state index >= 15 is 0 Å². The number of methoxy groups -OCH3 is 1. The molecule has 6 nitrogen and oxygen atoms in total. The van der Waals surface area contributed by atoms with Crippen LogP contribution >= 0.6 is 0 Å². The zero-order chi connectivity index (χ0) is 19.9. The number of ether oxygens (including phenoxy) is 1. The molecular weight excluding hydrogens is 359 g/mol.